The summed E-state index contributed by atoms with van der Waals surface area (Å²) in [6.45, 7) is 16.5. The van der Waals surface area contributed by atoms with Crippen molar-refractivity contribution in [1.29, 1.82) is 0 Å². The molecule has 0 bridgehead atoms. The van der Waals surface area contributed by atoms with Crippen LogP contribution in [0.3, 0.4) is 0 Å². The maximum Gasteiger partial charge on any atom is 0.192 e. The van der Waals surface area contributed by atoms with Gasteiger partial charge in [0.05, 0.1) is 12.2 Å². The SMILES string of the molecule is CO[C@H]1C[C@@H]2CC(C)(C)C[C@@H]2[C@@H]1O[Si](C)(C)C(C)(C)C. The first-order chi connectivity index (χ1) is 8.97. The van der Waals surface area contributed by atoms with Gasteiger partial charge in [0.15, 0.2) is 8.32 Å². The van der Waals surface area contributed by atoms with Gasteiger partial charge < -0.3 is 9.16 Å². The summed E-state index contributed by atoms with van der Waals surface area (Å²) >= 11 is 0. The lowest BCUT2D eigenvalue weighted by atomic mass is 9.88. The average molecular weight is 299 g/mol. The molecule has 2 fully saturated rings. The molecule has 0 aliphatic heterocycles. The largest absolute Gasteiger partial charge is 0.411 e. The van der Waals surface area contributed by atoms with Crippen LogP contribution >= 0.6 is 0 Å². The zero-order valence-electron chi connectivity index (χ0n) is 14.7. The Morgan fingerprint density at radius 2 is 1.70 bits per heavy atom. The minimum absolute atomic E-state index is 0.275. The highest BCUT2D eigenvalue weighted by atomic mass is 28.4. The number of fused-ring (bicyclic) bond motifs is 1. The van der Waals surface area contributed by atoms with Gasteiger partial charge in [-0.05, 0) is 54.6 Å². The fourth-order valence-corrected chi connectivity index (χ4v) is 5.37. The molecule has 0 aromatic carbocycles. The summed E-state index contributed by atoms with van der Waals surface area (Å²) in [5, 5.41) is 0.275. The van der Waals surface area contributed by atoms with E-state index in [0.29, 0.717) is 23.5 Å². The van der Waals surface area contributed by atoms with Crippen molar-refractivity contribution >= 4 is 8.32 Å². The van der Waals surface area contributed by atoms with Crippen molar-refractivity contribution in [3.63, 3.8) is 0 Å². The van der Waals surface area contributed by atoms with E-state index in [2.05, 4.69) is 47.7 Å². The van der Waals surface area contributed by atoms with E-state index in [9.17, 15) is 0 Å². The lowest BCUT2D eigenvalue weighted by molar-refractivity contribution is -0.00510. The third-order valence-corrected chi connectivity index (χ3v) is 10.5. The predicted molar refractivity (Wildman–Crippen MR) is 87.5 cm³/mol. The van der Waals surface area contributed by atoms with Gasteiger partial charge in [-0.15, -0.1) is 0 Å². The lowest BCUT2D eigenvalue weighted by Crippen LogP contribution is -2.48. The predicted octanol–water partition coefficient (Wildman–Crippen LogP) is 4.85. The maximum atomic E-state index is 6.79. The Morgan fingerprint density at radius 3 is 2.20 bits per heavy atom. The third kappa shape index (κ3) is 3.00. The maximum absolute atomic E-state index is 6.79. The summed E-state index contributed by atoms with van der Waals surface area (Å²) < 4.78 is 12.6. The zero-order chi connectivity index (χ0) is 15.3. The summed E-state index contributed by atoms with van der Waals surface area (Å²) in [4.78, 5) is 0. The minimum atomic E-state index is -1.71. The second-order valence-corrected chi connectivity index (χ2v) is 14.1. The van der Waals surface area contributed by atoms with Gasteiger partial charge in [-0.25, -0.2) is 0 Å². The molecule has 0 spiro atoms. The molecule has 0 N–H and O–H groups in total. The van der Waals surface area contributed by atoms with E-state index in [4.69, 9.17) is 9.16 Å². The average Bonchev–Trinajstić information content (AvgIpc) is 2.70. The van der Waals surface area contributed by atoms with Crippen LogP contribution in [0.2, 0.25) is 18.1 Å². The Labute approximate surface area is 126 Å². The summed E-state index contributed by atoms with van der Waals surface area (Å²) in [5.74, 6) is 1.52. The standard InChI is InChI=1S/C17H34O2Si/c1-16(2,3)20(7,8)19-15-13-11-17(4,5)10-12(13)9-14(15)18-6/h12-15H,9-11H2,1-8H3/t12-,13+,14+,15+/m1/s1. The van der Waals surface area contributed by atoms with Crippen molar-refractivity contribution in [2.24, 2.45) is 17.3 Å². The molecule has 2 nitrogen and oxygen atoms in total. The van der Waals surface area contributed by atoms with Crippen molar-refractivity contribution in [2.75, 3.05) is 7.11 Å². The molecule has 3 heteroatoms. The molecule has 0 saturated heterocycles. The van der Waals surface area contributed by atoms with Crippen LogP contribution in [0.5, 0.6) is 0 Å². The first kappa shape index (κ1) is 16.5. The molecule has 0 aromatic heterocycles. The molecule has 2 aliphatic carbocycles. The second-order valence-electron chi connectivity index (χ2n) is 9.35. The summed E-state index contributed by atoms with van der Waals surface area (Å²) in [6.07, 6.45) is 4.48. The van der Waals surface area contributed by atoms with Crippen LogP contribution in [0.4, 0.5) is 0 Å². The van der Waals surface area contributed by atoms with E-state index in [1.54, 1.807) is 0 Å². The Morgan fingerprint density at radius 1 is 1.10 bits per heavy atom. The molecule has 2 aliphatic rings. The topological polar surface area (TPSA) is 18.5 Å². The number of methoxy groups -OCH3 is 1. The molecule has 0 unspecified atom stereocenters. The van der Waals surface area contributed by atoms with Crippen molar-refractivity contribution in [2.45, 2.75) is 84.2 Å². The summed E-state index contributed by atoms with van der Waals surface area (Å²) in [6, 6.07) is 0. The number of hydrogen-bond donors (Lipinski definition) is 0. The summed E-state index contributed by atoms with van der Waals surface area (Å²) in [5.41, 5.74) is 0.489. The third-order valence-electron chi connectivity index (χ3n) is 6.07. The van der Waals surface area contributed by atoms with Gasteiger partial charge >= 0.3 is 0 Å². The molecule has 0 heterocycles. The van der Waals surface area contributed by atoms with E-state index in [-0.39, 0.29) is 5.04 Å². The fraction of sp³-hybridized carbons (Fsp3) is 1.00. The monoisotopic (exact) mass is 298 g/mol. The van der Waals surface area contributed by atoms with Crippen molar-refractivity contribution in [1.82, 2.24) is 0 Å². The van der Waals surface area contributed by atoms with Gasteiger partial charge in [0.25, 0.3) is 0 Å². The quantitative estimate of drug-likeness (QED) is 0.694. The van der Waals surface area contributed by atoms with Gasteiger partial charge in [0.1, 0.15) is 0 Å². The van der Waals surface area contributed by atoms with Crippen LogP contribution < -0.4 is 0 Å². The van der Waals surface area contributed by atoms with Gasteiger partial charge in [0.2, 0.25) is 0 Å². The highest BCUT2D eigenvalue weighted by molar-refractivity contribution is 6.74. The Balaban J connectivity index is 2.16. The molecule has 2 rings (SSSR count). The van der Waals surface area contributed by atoms with Crippen LogP contribution in [0, 0.1) is 17.3 Å². The highest BCUT2D eigenvalue weighted by Crippen LogP contribution is 2.55. The first-order valence-corrected chi connectivity index (χ1v) is 11.1. The molecule has 20 heavy (non-hydrogen) atoms. The van der Waals surface area contributed by atoms with Crippen LogP contribution in [-0.4, -0.2) is 27.6 Å². The molecule has 0 amide bonds. The Kier molecular flexibility index (Phi) is 4.21. The lowest BCUT2D eigenvalue weighted by Gasteiger charge is -2.41. The molecule has 0 aromatic rings. The van der Waals surface area contributed by atoms with Gasteiger partial charge in [-0.1, -0.05) is 34.6 Å². The van der Waals surface area contributed by atoms with Gasteiger partial charge in [0, 0.05) is 7.11 Å². The van der Waals surface area contributed by atoms with Crippen molar-refractivity contribution in [3.05, 3.63) is 0 Å². The number of hydrogen-bond acceptors (Lipinski definition) is 2. The zero-order valence-corrected chi connectivity index (χ0v) is 15.7. The number of ether oxygens (including phenoxy) is 1. The molecule has 2 saturated carbocycles. The van der Waals surface area contributed by atoms with Crippen molar-refractivity contribution in [3.8, 4) is 0 Å². The normalized spacial score (nSPS) is 37.2. The van der Waals surface area contributed by atoms with E-state index in [1.165, 1.54) is 19.3 Å². The van der Waals surface area contributed by atoms with Gasteiger partial charge in [-0.2, -0.15) is 0 Å². The van der Waals surface area contributed by atoms with Crippen LogP contribution in [0.15, 0.2) is 0 Å². The Hall–Kier alpha value is 0.137. The second kappa shape index (κ2) is 5.10. The van der Waals surface area contributed by atoms with E-state index in [0.717, 1.165) is 5.92 Å². The van der Waals surface area contributed by atoms with E-state index in [1.807, 2.05) is 7.11 Å². The smallest absolute Gasteiger partial charge is 0.192 e. The van der Waals surface area contributed by atoms with Gasteiger partial charge in [-0.3, -0.25) is 0 Å². The van der Waals surface area contributed by atoms with E-state index < -0.39 is 8.32 Å². The Bertz CT molecular complexity index is 356. The molecule has 0 radical (unpaired) electrons. The molecule has 118 valence electrons. The number of rotatable bonds is 3. The van der Waals surface area contributed by atoms with E-state index >= 15 is 0 Å². The van der Waals surface area contributed by atoms with Crippen LogP contribution in [-0.2, 0) is 9.16 Å². The highest BCUT2D eigenvalue weighted by Gasteiger charge is 2.54. The van der Waals surface area contributed by atoms with Crippen LogP contribution in [0.1, 0.15) is 53.9 Å². The molecular formula is C17H34O2Si. The fourth-order valence-electron chi connectivity index (χ4n) is 4.01. The first-order valence-electron chi connectivity index (χ1n) is 8.17. The molecular weight excluding hydrogens is 264 g/mol. The summed E-state index contributed by atoms with van der Waals surface area (Å²) in [7, 11) is 0.146. The van der Waals surface area contributed by atoms with Crippen LogP contribution in [0.25, 0.3) is 0 Å². The van der Waals surface area contributed by atoms with Crippen molar-refractivity contribution < 1.29 is 9.16 Å². The minimum Gasteiger partial charge on any atom is -0.411 e. The molecule has 4 atom stereocenters.